The Morgan fingerprint density at radius 1 is 1.03 bits per heavy atom. The van der Waals surface area contributed by atoms with E-state index in [-0.39, 0.29) is 17.6 Å². The molecule has 5 nitrogen and oxygen atoms in total. The zero-order chi connectivity index (χ0) is 20.5. The lowest BCUT2D eigenvalue weighted by Gasteiger charge is -2.39. The Balaban J connectivity index is 1.76. The summed E-state index contributed by atoms with van der Waals surface area (Å²) in [4.78, 5) is 40.6. The number of nitrogens with zero attached hydrogens (tertiary/aromatic N) is 1. The van der Waals surface area contributed by atoms with Gasteiger partial charge in [0.25, 0.3) is 5.91 Å². The molecular weight excluding hydrogens is 384 g/mol. The number of anilines is 1. The highest BCUT2D eigenvalue weighted by Crippen LogP contribution is 2.43. The molecule has 1 aliphatic heterocycles. The molecule has 2 unspecified atom stereocenters. The number of nitrogens with one attached hydrogen (secondary N) is 1. The van der Waals surface area contributed by atoms with E-state index in [1.165, 1.54) is 18.3 Å². The van der Waals surface area contributed by atoms with Gasteiger partial charge >= 0.3 is 0 Å². The summed E-state index contributed by atoms with van der Waals surface area (Å²) in [5.41, 5.74) is 2.35. The molecule has 1 aromatic heterocycles. The number of rotatable bonds is 4. The van der Waals surface area contributed by atoms with E-state index in [9.17, 15) is 14.4 Å². The Morgan fingerprint density at radius 2 is 1.83 bits per heavy atom. The summed E-state index contributed by atoms with van der Waals surface area (Å²) in [6.07, 6.45) is 0. The fraction of sp³-hybridized carbons (Fsp3) is 0.174. The molecule has 3 aromatic rings. The van der Waals surface area contributed by atoms with Crippen molar-refractivity contribution in [3.8, 4) is 0 Å². The molecule has 0 aliphatic carbocycles. The van der Waals surface area contributed by atoms with E-state index in [0.29, 0.717) is 22.4 Å². The molecule has 0 radical (unpaired) electrons. The Bertz CT molecular complexity index is 1090. The van der Waals surface area contributed by atoms with Crippen LogP contribution in [0.15, 0.2) is 66.0 Å². The van der Waals surface area contributed by atoms with Crippen molar-refractivity contribution < 1.29 is 14.4 Å². The van der Waals surface area contributed by atoms with Crippen molar-refractivity contribution in [1.29, 1.82) is 0 Å². The first kappa shape index (κ1) is 19.1. The van der Waals surface area contributed by atoms with Gasteiger partial charge in [-0.1, -0.05) is 36.4 Å². The number of benzene rings is 2. The number of ketones is 1. The second-order valence-corrected chi connectivity index (χ2v) is 8.05. The van der Waals surface area contributed by atoms with Crippen molar-refractivity contribution in [2.45, 2.75) is 18.9 Å². The minimum absolute atomic E-state index is 0.0640. The Hall–Kier alpha value is -3.25. The quantitative estimate of drug-likeness (QED) is 0.651. The number of hydrogen-bond acceptors (Lipinski definition) is 4. The number of carbonyl (C=O) groups excluding carboxylic acids is 3. The first-order valence-corrected chi connectivity index (χ1v) is 10.2. The fourth-order valence-corrected chi connectivity index (χ4v) is 4.71. The van der Waals surface area contributed by atoms with Crippen LogP contribution >= 0.6 is 11.3 Å². The van der Waals surface area contributed by atoms with E-state index < -0.39 is 12.0 Å². The van der Waals surface area contributed by atoms with Gasteiger partial charge in [0.1, 0.15) is 0 Å². The lowest BCUT2D eigenvalue weighted by molar-refractivity contribution is -0.119. The smallest absolute Gasteiger partial charge is 0.254 e. The minimum Gasteiger partial charge on any atom is -0.333 e. The maximum Gasteiger partial charge on any atom is 0.254 e. The van der Waals surface area contributed by atoms with Gasteiger partial charge < -0.3 is 10.2 Å². The second kappa shape index (κ2) is 7.64. The summed E-state index contributed by atoms with van der Waals surface area (Å²) in [6.45, 7) is 1.49. The maximum absolute atomic E-state index is 13.4. The lowest BCUT2D eigenvalue weighted by atomic mass is 9.81. The summed E-state index contributed by atoms with van der Waals surface area (Å²) in [5, 5.41) is 4.89. The van der Waals surface area contributed by atoms with Gasteiger partial charge in [-0.3, -0.25) is 14.4 Å². The van der Waals surface area contributed by atoms with Crippen LogP contribution in [0.3, 0.4) is 0 Å². The number of fused-ring (bicyclic) bond motifs is 1. The van der Waals surface area contributed by atoms with Crippen LogP contribution in [-0.4, -0.2) is 29.5 Å². The lowest BCUT2D eigenvalue weighted by Crippen LogP contribution is -2.43. The SMILES string of the molecule is CC(=O)c1cccc(NC(=O)C2c3ccccc3C(=O)N(C)C2c2cccs2)c1. The van der Waals surface area contributed by atoms with Crippen LogP contribution in [0.4, 0.5) is 5.69 Å². The number of thiophene rings is 1. The first-order valence-electron chi connectivity index (χ1n) is 9.28. The average molecular weight is 404 g/mol. The van der Waals surface area contributed by atoms with Crippen molar-refractivity contribution in [1.82, 2.24) is 4.90 Å². The maximum atomic E-state index is 13.4. The molecule has 2 heterocycles. The third-order valence-corrected chi connectivity index (χ3v) is 6.18. The minimum atomic E-state index is -0.562. The van der Waals surface area contributed by atoms with E-state index >= 15 is 0 Å². The van der Waals surface area contributed by atoms with Crippen LogP contribution in [0, 0.1) is 0 Å². The molecule has 0 fully saturated rings. The summed E-state index contributed by atoms with van der Waals surface area (Å²) >= 11 is 1.53. The van der Waals surface area contributed by atoms with Crippen molar-refractivity contribution in [2.75, 3.05) is 12.4 Å². The van der Waals surface area contributed by atoms with Gasteiger partial charge in [-0.15, -0.1) is 11.3 Å². The van der Waals surface area contributed by atoms with E-state index in [4.69, 9.17) is 0 Å². The Morgan fingerprint density at radius 3 is 2.55 bits per heavy atom. The second-order valence-electron chi connectivity index (χ2n) is 7.07. The Kier molecular flexibility index (Phi) is 5.03. The van der Waals surface area contributed by atoms with Gasteiger partial charge in [0, 0.05) is 28.7 Å². The number of hydrogen-bond donors (Lipinski definition) is 1. The molecule has 1 N–H and O–H groups in total. The molecule has 0 saturated carbocycles. The van der Waals surface area contributed by atoms with Crippen LogP contribution in [-0.2, 0) is 4.79 Å². The predicted octanol–water partition coefficient (Wildman–Crippen LogP) is 4.50. The monoisotopic (exact) mass is 404 g/mol. The predicted molar refractivity (Wildman–Crippen MR) is 113 cm³/mol. The molecule has 2 aromatic carbocycles. The van der Waals surface area contributed by atoms with Crippen LogP contribution in [0.1, 0.15) is 50.0 Å². The standard InChI is InChI=1S/C23H20N2O3S/c1-14(26)15-7-5-8-16(13-15)24-22(27)20-17-9-3-4-10-18(17)23(28)25(2)21(20)19-11-6-12-29-19/h3-13,20-21H,1-2H3,(H,24,27). The zero-order valence-corrected chi connectivity index (χ0v) is 16.9. The van der Waals surface area contributed by atoms with Crippen LogP contribution < -0.4 is 5.32 Å². The summed E-state index contributed by atoms with van der Waals surface area (Å²) in [6, 6.07) is 17.6. The van der Waals surface area contributed by atoms with Crippen molar-refractivity contribution in [3.05, 3.63) is 87.6 Å². The largest absolute Gasteiger partial charge is 0.333 e. The number of likely N-dealkylation sites (N-methyl/N-ethyl adjacent to an activating group) is 1. The highest BCUT2D eigenvalue weighted by molar-refractivity contribution is 7.10. The molecule has 1 aliphatic rings. The van der Waals surface area contributed by atoms with Crippen LogP contribution in [0.2, 0.25) is 0 Å². The first-order chi connectivity index (χ1) is 14.0. The number of carbonyl (C=O) groups is 3. The van der Waals surface area contributed by atoms with Crippen molar-refractivity contribution in [3.63, 3.8) is 0 Å². The van der Waals surface area contributed by atoms with Crippen LogP contribution in [0.25, 0.3) is 0 Å². The molecule has 29 heavy (non-hydrogen) atoms. The van der Waals surface area contributed by atoms with E-state index in [1.54, 1.807) is 48.3 Å². The zero-order valence-electron chi connectivity index (χ0n) is 16.1. The van der Waals surface area contributed by atoms with Gasteiger partial charge in [-0.25, -0.2) is 0 Å². The van der Waals surface area contributed by atoms with Crippen LogP contribution in [0.5, 0.6) is 0 Å². The van der Waals surface area contributed by atoms with Gasteiger partial charge in [0.2, 0.25) is 5.91 Å². The normalized spacial score (nSPS) is 18.3. The topological polar surface area (TPSA) is 66.5 Å². The summed E-state index contributed by atoms with van der Waals surface area (Å²) in [5.74, 6) is -0.933. The molecule has 4 rings (SSSR count). The molecule has 0 bridgehead atoms. The van der Waals surface area contributed by atoms with Crippen molar-refractivity contribution in [2.24, 2.45) is 0 Å². The number of amides is 2. The van der Waals surface area contributed by atoms with E-state index in [1.807, 2.05) is 29.6 Å². The van der Waals surface area contributed by atoms with Gasteiger partial charge in [-0.2, -0.15) is 0 Å². The highest BCUT2D eigenvalue weighted by Gasteiger charge is 2.43. The van der Waals surface area contributed by atoms with Crippen molar-refractivity contribution >= 4 is 34.6 Å². The average Bonchev–Trinajstić information content (AvgIpc) is 3.25. The molecule has 2 atom stereocenters. The summed E-state index contributed by atoms with van der Waals surface area (Å²) < 4.78 is 0. The van der Waals surface area contributed by atoms with Gasteiger partial charge in [0.15, 0.2) is 5.78 Å². The number of Topliss-reactive ketones (excluding diaryl/α,β-unsaturated/α-hetero) is 1. The third kappa shape index (κ3) is 3.47. The molecule has 6 heteroatoms. The van der Waals surface area contributed by atoms with Gasteiger partial charge in [0.05, 0.1) is 12.0 Å². The summed E-state index contributed by atoms with van der Waals surface area (Å²) in [7, 11) is 1.74. The molecule has 0 saturated heterocycles. The van der Waals surface area contributed by atoms with E-state index in [0.717, 1.165) is 4.88 Å². The molecule has 146 valence electrons. The fourth-order valence-electron chi connectivity index (χ4n) is 3.81. The molecular formula is C23H20N2O3S. The van der Waals surface area contributed by atoms with E-state index in [2.05, 4.69) is 5.32 Å². The highest BCUT2D eigenvalue weighted by atomic mass is 32.1. The molecule has 0 spiro atoms. The third-order valence-electron chi connectivity index (χ3n) is 5.23. The Labute approximate surface area is 173 Å². The molecule has 2 amide bonds. The van der Waals surface area contributed by atoms with Gasteiger partial charge in [-0.05, 0) is 42.1 Å².